The second-order valence-corrected chi connectivity index (χ2v) is 5.38. The van der Waals surface area contributed by atoms with Crippen LogP contribution in [0.2, 0.25) is 0 Å². The third-order valence-corrected chi connectivity index (χ3v) is 3.80. The van der Waals surface area contributed by atoms with Crippen molar-refractivity contribution in [2.24, 2.45) is 0 Å². The zero-order chi connectivity index (χ0) is 14.1. The van der Waals surface area contributed by atoms with Crippen molar-refractivity contribution in [3.8, 4) is 5.75 Å². The molecule has 0 spiro atoms. The lowest BCUT2D eigenvalue weighted by Crippen LogP contribution is -2.23. The monoisotopic (exact) mass is 271 g/mol. The minimum atomic E-state index is -0.199. The van der Waals surface area contributed by atoms with E-state index in [1.807, 2.05) is 0 Å². The second kappa shape index (κ2) is 5.16. The molecule has 0 radical (unpaired) electrons. The summed E-state index contributed by atoms with van der Waals surface area (Å²) in [5.74, 6) is 0.605. The van der Waals surface area contributed by atoms with Crippen LogP contribution in [0.25, 0.3) is 0 Å². The summed E-state index contributed by atoms with van der Waals surface area (Å²) < 4.78 is 19.0. The van der Waals surface area contributed by atoms with Crippen molar-refractivity contribution >= 4 is 5.69 Å². The molecule has 1 aliphatic heterocycles. The van der Waals surface area contributed by atoms with Crippen LogP contribution in [0.5, 0.6) is 5.75 Å². The molecule has 0 aromatic heterocycles. The van der Waals surface area contributed by atoms with Crippen LogP contribution in [-0.2, 0) is 6.42 Å². The Bertz CT molecular complexity index is 639. The van der Waals surface area contributed by atoms with E-state index in [4.69, 9.17) is 4.74 Å². The van der Waals surface area contributed by atoms with Crippen molar-refractivity contribution in [3.63, 3.8) is 0 Å². The molecule has 0 bridgehead atoms. The largest absolute Gasteiger partial charge is 0.488 e. The van der Waals surface area contributed by atoms with Crippen LogP contribution in [-0.4, -0.2) is 12.6 Å². The van der Waals surface area contributed by atoms with Crippen LogP contribution in [0.3, 0.4) is 0 Å². The summed E-state index contributed by atoms with van der Waals surface area (Å²) in [4.78, 5) is 0. The molecule has 3 rings (SSSR count). The molecule has 0 amide bonds. The molecule has 2 aromatic carbocycles. The van der Waals surface area contributed by atoms with Crippen molar-refractivity contribution in [1.29, 1.82) is 0 Å². The highest BCUT2D eigenvalue weighted by molar-refractivity contribution is 5.48. The van der Waals surface area contributed by atoms with E-state index in [0.717, 1.165) is 30.0 Å². The number of hydrogen-bond donors (Lipinski definition) is 1. The van der Waals surface area contributed by atoms with Crippen LogP contribution < -0.4 is 10.1 Å². The van der Waals surface area contributed by atoms with Crippen molar-refractivity contribution in [1.82, 2.24) is 0 Å². The Labute approximate surface area is 118 Å². The zero-order valence-electron chi connectivity index (χ0n) is 11.7. The maximum atomic E-state index is 13.2. The van der Waals surface area contributed by atoms with Crippen LogP contribution in [0, 0.1) is 19.7 Å². The number of hydrogen-bond acceptors (Lipinski definition) is 2. The molecular weight excluding hydrogens is 253 g/mol. The molecule has 20 heavy (non-hydrogen) atoms. The third kappa shape index (κ3) is 2.62. The number of fused-ring (bicyclic) bond motifs is 1. The number of ether oxygens (including phenoxy) is 1. The lowest BCUT2D eigenvalue weighted by Gasteiger charge is -2.13. The summed E-state index contributed by atoms with van der Waals surface area (Å²) in [5.41, 5.74) is 4.61. The molecule has 1 aliphatic rings. The topological polar surface area (TPSA) is 21.3 Å². The van der Waals surface area contributed by atoms with Crippen LogP contribution in [0.1, 0.15) is 16.7 Å². The average molecular weight is 271 g/mol. The first-order chi connectivity index (χ1) is 9.61. The normalized spacial score (nSPS) is 16.6. The molecule has 104 valence electrons. The quantitative estimate of drug-likeness (QED) is 0.915. The first kappa shape index (κ1) is 13.0. The van der Waals surface area contributed by atoms with Gasteiger partial charge in [0.2, 0.25) is 0 Å². The Morgan fingerprint density at radius 3 is 2.80 bits per heavy atom. The highest BCUT2D eigenvalue weighted by atomic mass is 19.1. The van der Waals surface area contributed by atoms with E-state index >= 15 is 0 Å². The van der Waals surface area contributed by atoms with Gasteiger partial charge in [-0.05, 0) is 55.3 Å². The number of rotatable bonds is 3. The zero-order valence-corrected chi connectivity index (χ0v) is 11.7. The molecule has 2 nitrogen and oxygen atoms in total. The molecule has 0 saturated heterocycles. The Hall–Kier alpha value is -2.03. The number of anilines is 1. The fourth-order valence-electron chi connectivity index (χ4n) is 2.49. The van der Waals surface area contributed by atoms with E-state index in [2.05, 4.69) is 37.4 Å². The van der Waals surface area contributed by atoms with Gasteiger partial charge >= 0.3 is 0 Å². The summed E-state index contributed by atoms with van der Waals surface area (Å²) in [5, 5.41) is 3.39. The molecule has 3 heteroatoms. The van der Waals surface area contributed by atoms with Crippen LogP contribution in [0.4, 0.5) is 10.1 Å². The van der Waals surface area contributed by atoms with Gasteiger partial charge in [-0.3, -0.25) is 0 Å². The Morgan fingerprint density at radius 2 is 2.00 bits per heavy atom. The highest BCUT2D eigenvalue weighted by Gasteiger charge is 2.22. The molecule has 1 heterocycles. The van der Waals surface area contributed by atoms with E-state index in [1.165, 1.54) is 17.2 Å². The van der Waals surface area contributed by atoms with E-state index in [1.54, 1.807) is 12.1 Å². The Morgan fingerprint density at radius 1 is 1.15 bits per heavy atom. The van der Waals surface area contributed by atoms with Crippen molar-refractivity contribution in [3.05, 3.63) is 58.9 Å². The van der Waals surface area contributed by atoms with Gasteiger partial charge < -0.3 is 10.1 Å². The minimum Gasteiger partial charge on any atom is -0.488 e. The lowest BCUT2D eigenvalue weighted by molar-refractivity contribution is 0.246. The first-order valence-electron chi connectivity index (χ1n) is 6.88. The molecule has 2 aromatic rings. The number of nitrogens with one attached hydrogen (secondary N) is 1. The predicted octanol–water partition coefficient (Wildman–Crippen LogP) is 3.86. The highest BCUT2D eigenvalue weighted by Crippen LogP contribution is 2.29. The van der Waals surface area contributed by atoms with Gasteiger partial charge in [-0.25, -0.2) is 4.39 Å². The van der Waals surface area contributed by atoms with Gasteiger partial charge in [0.25, 0.3) is 0 Å². The molecule has 0 saturated carbocycles. The van der Waals surface area contributed by atoms with E-state index in [0.29, 0.717) is 0 Å². The molecule has 0 fully saturated rings. The van der Waals surface area contributed by atoms with Gasteiger partial charge in [-0.15, -0.1) is 0 Å². The Kier molecular flexibility index (Phi) is 3.35. The maximum Gasteiger partial charge on any atom is 0.123 e. The lowest BCUT2D eigenvalue weighted by atomic mass is 10.1. The molecule has 1 N–H and O–H groups in total. The second-order valence-electron chi connectivity index (χ2n) is 5.38. The summed E-state index contributed by atoms with van der Waals surface area (Å²) >= 11 is 0. The average Bonchev–Trinajstić information content (AvgIpc) is 2.82. The van der Waals surface area contributed by atoms with Crippen LogP contribution >= 0.6 is 0 Å². The number of halogens is 1. The molecule has 1 atom stereocenters. The fraction of sp³-hybridized carbons (Fsp3) is 0.294. The third-order valence-electron chi connectivity index (χ3n) is 3.80. The van der Waals surface area contributed by atoms with Crippen molar-refractivity contribution in [2.75, 3.05) is 11.9 Å². The summed E-state index contributed by atoms with van der Waals surface area (Å²) in [6.07, 6.45) is 0.818. The molecule has 0 aliphatic carbocycles. The van der Waals surface area contributed by atoms with Gasteiger partial charge in [0.1, 0.15) is 17.7 Å². The fourth-order valence-corrected chi connectivity index (χ4v) is 2.49. The predicted molar refractivity (Wildman–Crippen MR) is 78.9 cm³/mol. The molecule has 1 unspecified atom stereocenters. The van der Waals surface area contributed by atoms with Gasteiger partial charge in [0.05, 0.1) is 6.54 Å². The van der Waals surface area contributed by atoms with Crippen molar-refractivity contribution in [2.45, 2.75) is 26.4 Å². The summed E-state index contributed by atoms with van der Waals surface area (Å²) in [6, 6.07) is 11.0. The van der Waals surface area contributed by atoms with E-state index in [-0.39, 0.29) is 11.9 Å². The maximum absolute atomic E-state index is 13.2. The summed E-state index contributed by atoms with van der Waals surface area (Å²) in [6.45, 7) is 4.92. The Balaban J connectivity index is 1.62. The number of benzene rings is 2. The van der Waals surface area contributed by atoms with Gasteiger partial charge in [0.15, 0.2) is 0 Å². The van der Waals surface area contributed by atoms with E-state index in [9.17, 15) is 4.39 Å². The standard InChI is InChI=1S/C17H18FNO/c1-11-3-5-15(7-12(11)2)19-10-16-9-13-8-14(18)4-6-17(13)20-16/h3-8,16,19H,9-10H2,1-2H3. The minimum absolute atomic E-state index is 0.0633. The van der Waals surface area contributed by atoms with Gasteiger partial charge in [0, 0.05) is 17.7 Å². The number of aryl methyl sites for hydroxylation is 2. The molecular formula is C17H18FNO. The SMILES string of the molecule is Cc1ccc(NCC2Cc3cc(F)ccc3O2)cc1C. The van der Waals surface area contributed by atoms with Crippen LogP contribution in [0.15, 0.2) is 36.4 Å². The van der Waals surface area contributed by atoms with E-state index < -0.39 is 0 Å². The smallest absolute Gasteiger partial charge is 0.123 e. The van der Waals surface area contributed by atoms with Gasteiger partial charge in [-0.2, -0.15) is 0 Å². The summed E-state index contributed by atoms with van der Waals surface area (Å²) in [7, 11) is 0. The van der Waals surface area contributed by atoms with Crippen molar-refractivity contribution < 1.29 is 9.13 Å². The first-order valence-corrected chi connectivity index (χ1v) is 6.88. The van der Waals surface area contributed by atoms with Gasteiger partial charge in [-0.1, -0.05) is 6.07 Å².